The van der Waals surface area contributed by atoms with E-state index in [0.29, 0.717) is 5.69 Å². The normalized spacial score (nSPS) is 10.4. The molecule has 2 aromatic carbocycles. The van der Waals surface area contributed by atoms with Crippen LogP contribution >= 0.6 is 0 Å². The topological polar surface area (TPSA) is 95.8 Å². The quantitative estimate of drug-likeness (QED) is 0.563. The van der Waals surface area contributed by atoms with Crippen LogP contribution in [0.4, 0.5) is 25.8 Å². The molecule has 0 spiro atoms. The average molecular weight is 406 g/mol. The molecule has 2 amide bonds. The molecule has 0 aliphatic rings. The lowest BCUT2D eigenvalue weighted by molar-refractivity contribution is -0.384. The van der Waals surface area contributed by atoms with Crippen molar-refractivity contribution in [1.29, 1.82) is 0 Å². The number of nitro benzene ring substituents is 1. The van der Waals surface area contributed by atoms with Crippen LogP contribution in [-0.2, 0) is 4.79 Å². The van der Waals surface area contributed by atoms with E-state index in [2.05, 4.69) is 5.32 Å². The van der Waals surface area contributed by atoms with E-state index in [0.717, 1.165) is 29.2 Å². The molecular formula is C19H20F2N4O4. The van der Waals surface area contributed by atoms with Crippen molar-refractivity contribution in [1.82, 2.24) is 4.90 Å². The Kier molecular flexibility index (Phi) is 6.81. The van der Waals surface area contributed by atoms with Crippen molar-refractivity contribution in [2.75, 3.05) is 37.4 Å². The summed E-state index contributed by atoms with van der Waals surface area (Å²) in [6.07, 6.45) is 0. The Hall–Kier alpha value is -3.56. The molecule has 0 radical (unpaired) electrons. The van der Waals surface area contributed by atoms with Gasteiger partial charge in [0.15, 0.2) is 0 Å². The SMILES string of the molecule is CCN(CC(=O)Nc1c(F)cccc1F)C(=O)c1ccc(N(C)C)c([N+](=O)[O-])c1. The number of hydrogen-bond acceptors (Lipinski definition) is 5. The van der Waals surface area contributed by atoms with Crippen molar-refractivity contribution >= 4 is 28.9 Å². The van der Waals surface area contributed by atoms with Gasteiger partial charge in [-0.25, -0.2) is 8.78 Å². The minimum atomic E-state index is -0.942. The van der Waals surface area contributed by atoms with E-state index in [1.807, 2.05) is 0 Å². The molecular weight excluding hydrogens is 386 g/mol. The molecule has 0 unspecified atom stereocenters. The van der Waals surface area contributed by atoms with Crippen LogP contribution in [0.1, 0.15) is 17.3 Å². The van der Waals surface area contributed by atoms with Crippen LogP contribution in [-0.4, -0.2) is 48.8 Å². The lowest BCUT2D eigenvalue weighted by atomic mass is 10.1. The number of benzene rings is 2. The zero-order valence-corrected chi connectivity index (χ0v) is 16.1. The highest BCUT2D eigenvalue weighted by Gasteiger charge is 2.23. The summed E-state index contributed by atoms with van der Waals surface area (Å²) in [6, 6.07) is 7.14. The van der Waals surface area contributed by atoms with E-state index in [1.165, 1.54) is 12.1 Å². The number of rotatable bonds is 7. The average Bonchev–Trinajstić information content (AvgIpc) is 2.67. The van der Waals surface area contributed by atoms with Gasteiger partial charge in [-0.1, -0.05) is 6.07 Å². The van der Waals surface area contributed by atoms with Crippen molar-refractivity contribution < 1.29 is 23.3 Å². The summed E-state index contributed by atoms with van der Waals surface area (Å²) in [5.74, 6) is -3.31. The summed E-state index contributed by atoms with van der Waals surface area (Å²) >= 11 is 0. The standard InChI is InChI=1S/C19H20F2N4O4/c1-4-24(11-17(26)22-18-13(20)6-5-7-14(18)21)19(27)12-8-9-15(23(2)3)16(10-12)25(28)29/h5-10H,4,11H2,1-3H3,(H,22,26). The minimum absolute atomic E-state index is 0.0222. The maximum absolute atomic E-state index is 13.7. The lowest BCUT2D eigenvalue weighted by Crippen LogP contribution is -2.38. The lowest BCUT2D eigenvalue weighted by Gasteiger charge is -2.21. The van der Waals surface area contributed by atoms with E-state index in [1.54, 1.807) is 25.9 Å². The number of carbonyl (C=O) groups is 2. The number of halogens is 2. The summed E-state index contributed by atoms with van der Waals surface area (Å²) in [5, 5.41) is 13.4. The summed E-state index contributed by atoms with van der Waals surface area (Å²) in [4.78, 5) is 38.3. The first kappa shape index (κ1) is 21.7. The third-order valence-electron chi connectivity index (χ3n) is 4.13. The van der Waals surface area contributed by atoms with Crippen LogP contribution in [0.5, 0.6) is 0 Å². The van der Waals surface area contributed by atoms with Crippen LogP contribution in [0.25, 0.3) is 0 Å². The predicted octanol–water partition coefficient (Wildman–Crippen LogP) is 3.04. The molecule has 0 aliphatic carbocycles. The van der Waals surface area contributed by atoms with Crippen molar-refractivity contribution in [2.24, 2.45) is 0 Å². The van der Waals surface area contributed by atoms with Gasteiger partial charge in [0.2, 0.25) is 5.91 Å². The number of anilines is 2. The Morgan fingerprint density at radius 1 is 1.14 bits per heavy atom. The van der Waals surface area contributed by atoms with Gasteiger partial charge in [0.05, 0.1) is 4.92 Å². The molecule has 2 rings (SSSR count). The fourth-order valence-electron chi connectivity index (χ4n) is 2.66. The van der Waals surface area contributed by atoms with Gasteiger partial charge in [0.1, 0.15) is 29.6 Å². The molecule has 8 nitrogen and oxygen atoms in total. The minimum Gasteiger partial charge on any atom is -0.372 e. The van der Waals surface area contributed by atoms with E-state index in [-0.39, 0.29) is 17.8 Å². The first-order valence-electron chi connectivity index (χ1n) is 8.64. The Balaban J connectivity index is 2.21. The molecule has 0 saturated carbocycles. The van der Waals surface area contributed by atoms with Crippen molar-refractivity contribution in [2.45, 2.75) is 6.92 Å². The Labute approximate surface area is 165 Å². The van der Waals surface area contributed by atoms with E-state index < -0.39 is 40.6 Å². The van der Waals surface area contributed by atoms with Gasteiger partial charge in [-0.15, -0.1) is 0 Å². The number of amides is 2. The highest BCUT2D eigenvalue weighted by atomic mass is 19.1. The van der Waals surface area contributed by atoms with Gasteiger partial charge in [0, 0.05) is 32.3 Å². The second-order valence-corrected chi connectivity index (χ2v) is 6.32. The molecule has 2 aromatic rings. The molecule has 29 heavy (non-hydrogen) atoms. The molecule has 0 atom stereocenters. The van der Waals surface area contributed by atoms with Crippen molar-refractivity contribution in [3.63, 3.8) is 0 Å². The van der Waals surface area contributed by atoms with Gasteiger partial charge in [-0.3, -0.25) is 19.7 Å². The molecule has 0 aromatic heterocycles. The fraction of sp³-hybridized carbons (Fsp3) is 0.263. The van der Waals surface area contributed by atoms with Crippen LogP contribution in [0.2, 0.25) is 0 Å². The van der Waals surface area contributed by atoms with Crippen molar-refractivity contribution in [3.8, 4) is 0 Å². The smallest absolute Gasteiger partial charge is 0.293 e. The predicted molar refractivity (Wildman–Crippen MR) is 104 cm³/mol. The summed E-state index contributed by atoms with van der Waals surface area (Å²) < 4.78 is 27.3. The van der Waals surface area contributed by atoms with Crippen LogP contribution in [0, 0.1) is 21.7 Å². The van der Waals surface area contributed by atoms with E-state index in [9.17, 15) is 28.5 Å². The summed E-state index contributed by atoms with van der Waals surface area (Å²) in [7, 11) is 3.27. The van der Waals surface area contributed by atoms with Gasteiger partial charge < -0.3 is 15.1 Å². The van der Waals surface area contributed by atoms with Gasteiger partial charge in [0.25, 0.3) is 11.6 Å². The second-order valence-electron chi connectivity index (χ2n) is 6.32. The van der Waals surface area contributed by atoms with Crippen LogP contribution in [0.3, 0.4) is 0 Å². The van der Waals surface area contributed by atoms with E-state index in [4.69, 9.17) is 0 Å². The second kappa shape index (κ2) is 9.09. The first-order valence-corrected chi connectivity index (χ1v) is 8.64. The highest BCUT2D eigenvalue weighted by Crippen LogP contribution is 2.28. The molecule has 0 fully saturated rings. The first-order chi connectivity index (χ1) is 13.6. The van der Waals surface area contributed by atoms with E-state index >= 15 is 0 Å². The number of nitrogens with one attached hydrogen (secondary N) is 1. The molecule has 10 heteroatoms. The zero-order valence-electron chi connectivity index (χ0n) is 16.1. The molecule has 1 N–H and O–H groups in total. The maximum atomic E-state index is 13.7. The number of nitro groups is 1. The molecule has 0 heterocycles. The number of carbonyl (C=O) groups excluding carboxylic acids is 2. The van der Waals surface area contributed by atoms with Gasteiger partial charge >= 0.3 is 0 Å². The van der Waals surface area contributed by atoms with Crippen molar-refractivity contribution in [3.05, 3.63) is 63.7 Å². The Morgan fingerprint density at radius 2 is 1.76 bits per heavy atom. The van der Waals surface area contributed by atoms with Gasteiger partial charge in [-0.05, 0) is 31.2 Å². The number of hydrogen-bond donors (Lipinski definition) is 1. The Bertz CT molecular complexity index is 930. The third kappa shape index (κ3) is 5.03. The highest BCUT2D eigenvalue weighted by molar-refractivity contribution is 6.00. The number of para-hydroxylation sites is 1. The third-order valence-corrected chi connectivity index (χ3v) is 4.13. The largest absolute Gasteiger partial charge is 0.372 e. The van der Waals surface area contributed by atoms with Gasteiger partial charge in [-0.2, -0.15) is 0 Å². The molecule has 0 saturated heterocycles. The number of nitrogens with zero attached hydrogens (tertiary/aromatic N) is 3. The molecule has 154 valence electrons. The van der Waals surface area contributed by atoms with Crippen LogP contribution < -0.4 is 10.2 Å². The molecule has 0 aliphatic heterocycles. The maximum Gasteiger partial charge on any atom is 0.293 e. The summed E-state index contributed by atoms with van der Waals surface area (Å²) in [6.45, 7) is 1.24. The Morgan fingerprint density at radius 3 is 2.28 bits per heavy atom. The number of likely N-dealkylation sites (N-methyl/N-ethyl adjacent to an activating group) is 1. The van der Waals surface area contributed by atoms with Crippen LogP contribution in [0.15, 0.2) is 36.4 Å². The monoisotopic (exact) mass is 406 g/mol. The molecule has 0 bridgehead atoms. The summed E-state index contributed by atoms with van der Waals surface area (Å²) in [5.41, 5.74) is -0.516. The fourth-order valence-corrected chi connectivity index (χ4v) is 2.66. The zero-order chi connectivity index (χ0) is 21.7.